The molecule has 1 heterocycles. The number of carbonyl (C=O) groups is 2. The molecule has 1 aliphatic rings. The second-order valence-electron chi connectivity index (χ2n) is 6.00. The Labute approximate surface area is 128 Å². The Morgan fingerprint density at radius 2 is 2.05 bits per heavy atom. The van der Waals surface area contributed by atoms with E-state index in [0.29, 0.717) is 12.2 Å². The van der Waals surface area contributed by atoms with Gasteiger partial charge < -0.3 is 20.3 Å². The molecule has 0 unspecified atom stereocenters. The lowest BCUT2D eigenvalue weighted by Gasteiger charge is -2.12. The molecule has 3 rings (SSSR count). The largest absolute Gasteiger partial charge is 0.396 e. The predicted octanol–water partition coefficient (Wildman–Crippen LogP) is 1.01. The Balaban J connectivity index is 1.62. The van der Waals surface area contributed by atoms with Gasteiger partial charge in [-0.2, -0.15) is 0 Å². The average molecular weight is 301 g/mol. The van der Waals surface area contributed by atoms with Crippen LogP contribution in [0.2, 0.25) is 0 Å². The summed E-state index contributed by atoms with van der Waals surface area (Å²) in [7, 11) is 1.92. The van der Waals surface area contributed by atoms with Gasteiger partial charge in [0.15, 0.2) is 0 Å². The van der Waals surface area contributed by atoms with Gasteiger partial charge in [-0.05, 0) is 36.4 Å². The number of aliphatic hydroxyl groups excluding tert-OH is 1. The first-order valence-corrected chi connectivity index (χ1v) is 7.28. The molecule has 0 atom stereocenters. The third-order valence-electron chi connectivity index (χ3n) is 4.27. The minimum Gasteiger partial charge on any atom is -0.396 e. The predicted molar refractivity (Wildman–Crippen MR) is 83.3 cm³/mol. The zero-order valence-electron chi connectivity index (χ0n) is 12.4. The van der Waals surface area contributed by atoms with Gasteiger partial charge in [0.05, 0.1) is 6.61 Å². The Hall–Kier alpha value is -2.34. The molecule has 0 spiro atoms. The van der Waals surface area contributed by atoms with Gasteiger partial charge in [0, 0.05) is 36.4 Å². The molecule has 0 radical (unpaired) electrons. The normalized spacial score (nSPS) is 15.5. The van der Waals surface area contributed by atoms with E-state index in [1.54, 1.807) is 6.07 Å². The number of anilines is 1. The summed E-state index contributed by atoms with van der Waals surface area (Å²) in [4.78, 5) is 23.7. The number of carbonyl (C=O) groups excluding carboxylic acids is 2. The number of fused-ring (bicyclic) bond motifs is 1. The first kappa shape index (κ1) is 14.6. The van der Waals surface area contributed by atoms with Crippen LogP contribution in [-0.4, -0.2) is 34.6 Å². The fraction of sp³-hybridized carbons (Fsp3) is 0.375. The van der Waals surface area contributed by atoms with Crippen LogP contribution >= 0.6 is 0 Å². The van der Waals surface area contributed by atoms with E-state index >= 15 is 0 Å². The molecule has 3 N–H and O–H groups in total. The van der Waals surface area contributed by atoms with Crippen molar-refractivity contribution in [2.75, 3.05) is 18.5 Å². The van der Waals surface area contributed by atoms with Crippen molar-refractivity contribution in [3.63, 3.8) is 0 Å². The molecule has 0 bridgehead atoms. The van der Waals surface area contributed by atoms with E-state index in [2.05, 4.69) is 10.6 Å². The van der Waals surface area contributed by atoms with Gasteiger partial charge in [0.2, 0.25) is 0 Å². The second kappa shape index (κ2) is 5.46. The lowest BCUT2D eigenvalue weighted by molar-refractivity contribution is -0.136. The van der Waals surface area contributed by atoms with Crippen molar-refractivity contribution in [2.45, 2.75) is 12.8 Å². The van der Waals surface area contributed by atoms with E-state index in [4.69, 9.17) is 0 Å². The number of aryl methyl sites for hydroxylation is 1. The highest BCUT2D eigenvalue weighted by atomic mass is 16.3. The molecule has 116 valence electrons. The first-order chi connectivity index (χ1) is 10.5. The van der Waals surface area contributed by atoms with Crippen LogP contribution in [0.3, 0.4) is 0 Å². The smallest absolute Gasteiger partial charge is 0.313 e. The minimum atomic E-state index is -0.692. The molecular formula is C16H19N3O3. The summed E-state index contributed by atoms with van der Waals surface area (Å²) >= 11 is 0. The Morgan fingerprint density at radius 3 is 2.73 bits per heavy atom. The van der Waals surface area contributed by atoms with Gasteiger partial charge in [-0.15, -0.1) is 0 Å². The van der Waals surface area contributed by atoms with Crippen LogP contribution in [0.25, 0.3) is 10.9 Å². The van der Waals surface area contributed by atoms with Gasteiger partial charge in [0.1, 0.15) is 0 Å². The maximum Gasteiger partial charge on any atom is 0.313 e. The highest BCUT2D eigenvalue weighted by Crippen LogP contribution is 2.44. The van der Waals surface area contributed by atoms with Crippen molar-refractivity contribution >= 4 is 28.4 Å². The second-order valence-corrected chi connectivity index (χ2v) is 6.00. The molecule has 2 amide bonds. The van der Waals surface area contributed by atoms with Crippen molar-refractivity contribution in [3.05, 3.63) is 30.5 Å². The topological polar surface area (TPSA) is 83.4 Å². The van der Waals surface area contributed by atoms with Crippen molar-refractivity contribution in [1.82, 2.24) is 9.88 Å². The van der Waals surface area contributed by atoms with Gasteiger partial charge >= 0.3 is 11.8 Å². The standard InChI is InChI=1S/C16H19N3O3/c1-19-7-4-11-2-3-12(8-13(11)19)18-15(22)14(21)17-9-16(10-20)5-6-16/h2-4,7-8,20H,5-6,9-10H2,1H3,(H,17,21)(H,18,22). The van der Waals surface area contributed by atoms with Crippen molar-refractivity contribution in [1.29, 1.82) is 0 Å². The quantitative estimate of drug-likeness (QED) is 0.737. The first-order valence-electron chi connectivity index (χ1n) is 7.28. The molecule has 2 aromatic rings. The summed E-state index contributed by atoms with van der Waals surface area (Å²) in [5, 5.41) is 15.5. The summed E-state index contributed by atoms with van der Waals surface area (Å²) in [5.74, 6) is -1.37. The number of hydrogen-bond acceptors (Lipinski definition) is 3. The lowest BCUT2D eigenvalue weighted by atomic mass is 10.1. The highest BCUT2D eigenvalue weighted by Gasteiger charge is 2.42. The molecule has 0 aliphatic heterocycles. The molecule has 1 saturated carbocycles. The zero-order chi connectivity index (χ0) is 15.7. The van der Waals surface area contributed by atoms with Crippen LogP contribution < -0.4 is 10.6 Å². The number of benzene rings is 1. The molecule has 0 saturated heterocycles. The fourth-order valence-electron chi connectivity index (χ4n) is 2.44. The lowest BCUT2D eigenvalue weighted by Crippen LogP contribution is -2.39. The average Bonchev–Trinajstić information content (AvgIpc) is 3.23. The Morgan fingerprint density at radius 1 is 1.27 bits per heavy atom. The summed E-state index contributed by atoms with van der Waals surface area (Å²) in [6.07, 6.45) is 3.71. The van der Waals surface area contributed by atoms with Crippen molar-refractivity contribution in [2.24, 2.45) is 12.5 Å². The summed E-state index contributed by atoms with van der Waals surface area (Å²) in [6.45, 7) is 0.381. The van der Waals surface area contributed by atoms with Crippen LogP contribution in [0.5, 0.6) is 0 Å². The molecule has 6 heteroatoms. The maximum atomic E-state index is 11.9. The SMILES string of the molecule is Cn1ccc2ccc(NC(=O)C(=O)NCC3(CO)CC3)cc21. The summed E-state index contributed by atoms with van der Waals surface area (Å²) in [5.41, 5.74) is 1.35. The number of amides is 2. The van der Waals surface area contributed by atoms with E-state index in [1.807, 2.05) is 36.0 Å². The maximum absolute atomic E-state index is 11.9. The summed E-state index contributed by atoms with van der Waals surface area (Å²) < 4.78 is 1.95. The van der Waals surface area contributed by atoms with Crippen LogP contribution in [-0.2, 0) is 16.6 Å². The van der Waals surface area contributed by atoms with Crippen molar-refractivity contribution in [3.8, 4) is 0 Å². The zero-order valence-corrected chi connectivity index (χ0v) is 12.4. The van der Waals surface area contributed by atoms with E-state index in [9.17, 15) is 14.7 Å². The van der Waals surface area contributed by atoms with Gasteiger partial charge in [-0.25, -0.2) is 0 Å². The number of nitrogens with zero attached hydrogens (tertiary/aromatic N) is 1. The molecular weight excluding hydrogens is 282 g/mol. The molecule has 1 aliphatic carbocycles. The number of hydrogen-bond donors (Lipinski definition) is 3. The van der Waals surface area contributed by atoms with E-state index in [1.165, 1.54) is 0 Å². The Kier molecular flexibility index (Phi) is 3.62. The van der Waals surface area contributed by atoms with Crippen LogP contribution in [0, 0.1) is 5.41 Å². The number of aliphatic hydroxyl groups is 1. The van der Waals surface area contributed by atoms with E-state index in [-0.39, 0.29) is 12.0 Å². The van der Waals surface area contributed by atoms with Gasteiger partial charge in [-0.3, -0.25) is 9.59 Å². The van der Waals surface area contributed by atoms with Crippen molar-refractivity contribution < 1.29 is 14.7 Å². The molecule has 1 aromatic carbocycles. The third kappa shape index (κ3) is 2.82. The van der Waals surface area contributed by atoms with Crippen LogP contribution in [0.15, 0.2) is 30.5 Å². The molecule has 6 nitrogen and oxygen atoms in total. The minimum absolute atomic E-state index is 0.0407. The summed E-state index contributed by atoms with van der Waals surface area (Å²) in [6, 6.07) is 7.48. The number of aromatic nitrogens is 1. The van der Waals surface area contributed by atoms with Gasteiger partial charge in [0.25, 0.3) is 0 Å². The monoisotopic (exact) mass is 301 g/mol. The van der Waals surface area contributed by atoms with Crippen LogP contribution in [0.4, 0.5) is 5.69 Å². The third-order valence-corrected chi connectivity index (χ3v) is 4.27. The van der Waals surface area contributed by atoms with Crippen LogP contribution in [0.1, 0.15) is 12.8 Å². The molecule has 22 heavy (non-hydrogen) atoms. The fourth-order valence-corrected chi connectivity index (χ4v) is 2.44. The number of rotatable bonds is 4. The van der Waals surface area contributed by atoms with E-state index in [0.717, 1.165) is 23.7 Å². The molecule has 1 aromatic heterocycles. The molecule has 1 fully saturated rings. The van der Waals surface area contributed by atoms with Gasteiger partial charge in [-0.1, -0.05) is 6.07 Å². The highest BCUT2D eigenvalue weighted by molar-refractivity contribution is 6.39. The van der Waals surface area contributed by atoms with E-state index < -0.39 is 11.8 Å². The Bertz CT molecular complexity index is 731. The number of nitrogens with one attached hydrogen (secondary N) is 2.